The molecule has 19 heavy (non-hydrogen) atoms. The van der Waals surface area contributed by atoms with E-state index in [1.54, 1.807) is 19.2 Å². The number of methoxy groups -OCH3 is 1. The summed E-state index contributed by atoms with van der Waals surface area (Å²) in [5.74, 6) is 0.710. The van der Waals surface area contributed by atoms with Gasteiger partial charge in [-0.1, -0.05) is 12.7 Å². The maximum atomic E-state index is 10.6. The van der Waals surface area contributed by atoms with Crippen LogP contribution in [0.25, 0.3) is 5.57 Å². The first-order chi connectivity index (χ1) is 8.95. The van der Waals surface area contributed by atoms with Gasteiger partial charge in [-0.25, -0.2) is 0 Å². The monoisotopic (exact) mass is 259 g/mol. The molecule has 0 aromatic heterocycles. The third-order valence-corrected chi connectivity index (χ3v) is 2.66. The number of ether oxygens (including phenoxy) is 1. The lowest BCUT2D eigenvalue weighted by Gasteiger charge is -2.04. The molecule has 0 fully saturated rings. The van der Waals surface area contributed by atoms with Crippen molar-refractivity contribution in [3.05, 3.63) is 70.0 Å². The van der Waals surface area contributed by atoms with Crippen molar-refractivity contribution in [3.8, 4) is 0 Å². The number of allylic oxidation sites excluding steroid dienone is 4. The van der Waals surface area contributed by atoms with E-state index in [1.807, 2.05) is 26.0 Å². The van der Waals surface area contributed by atoms with Crippen LogP contribution in [0.2, 0.25) is 0 Å². The Morgan fingerprint density at radius 1 is 1.26 bits per heavy atom. The van der Waals surface area contributed by atoms with E-state index in [1.165, 1.54) is 12.1 Å². The fraction of sp³-hybridized carbons (Fsp3) is 0.200. The Morgan fingerprint density at radius 3 is 2.26 bits per heavy atom. The summed E-state index contributed by atoms with van der Waals surface area (Å²) in [6.07, 6.45) is 3.73. The summed E-state index contributed by atoms with van der Waals surface area (Å²) in [6, 6.07) is 6.44. The number of nitro benzene ring substituents is 1. The fourth-order valence-corrected chi connectivity index (χ4v) is 1.53. The molecule has 0 amide bonds. The highest BCUT2D eigenvalue weighted by atomic mass is 16.6. The van der Waals surface area contributed by atoms with Crippen LogP contribution in [-0.2, 0) is 4.74 Å². The summed E-state index contributed by atoms with van der Waals surface area (Å²) in [4.78, 5) is 10.2. The first kappa shape index (κ1) is 14.7. The number of nitro groups is 1. The van der Waals surface area contributed by atoms with Crippen LogP contribution in [0.4, 0.5) is 5.69 Å². The summed E-state index contributed by atoms with van der Waals surface area (Å²) in [7, 11) is 1.59. The minimum atomic E-state index is -0.410. The maximum absolute atomic E-state index is 10.6. The van der Waals surface area contributed by atoms with E-state index >= 15 is 0 Å². The molecule has 100 valence electrons. The van der Waals surface area contributed by atoms with E-state index in [0.717, 1.165) is 16.7 Å². The van der Waals surface area contributed by atoms with Crippen molar-refractivity contribution < 1.29 is 9.66 Å². The standard InChI is InChI=1S/C15H17NO3/c1-11(2)15(19-4)10-5-12(3)13-6-8-14(9-7-13)16(17)18/h5-10H,1H2,2-4H3/b12-5+,15-10+. The Morgan fingerprint density at radius 2 is 1.84 bits per heavy atom. The lowest BCUT2D eigenvalue weighted by Crippen LogP contribution is -1.88. The molecule has 0 spiro atoms. The number of nitrogens with zero attached hydrogens (tertiary/aromatic N) is 1. The lowest BCUT2D eigenvalue weighted by atomic mass is 10.1. The molecular weight excluding hydrogens is 242 g/mol. The molecule has 0 atom stereocenters. The van der Waals surface area contributed by atoms with Gasteiger partial charge >= 0.3 is 0 Å². The second-order valence-corrected chi connectivity index (χ2v) is 4.17. The van der Waals surface area contributed by atoms with Gasteiger partial charge in [-0.3, -0.25) is 10.1 Å². The summed E-state index contributed by atoms with van der Waals surface area (Å²) >= 11 is 0. The molecule has 0 heterocycles. The van der Waals surface area contributed by atoms with Crippen LogP contribution >= 0.6 is 0 Å². The Kier molecular flexibility index (Phi) is 5.06. The van der Waals surface area contributed by atoms with Gasteiger partial charge in [0.2, 0.25) is 0 Å². The van der Waals surface area contributed by atoms with Crippen LogP contribution < -0.4 is 0 Å². The number of hydrogen-bond acceptors (Lipinski definition) is 3. The van der Waals surface area contributed by atoms with Gasteiger partial charge in [-0.15, -0.1) is 0 Å². The van der Waals surface area contributed by atoms with E-state index in [0.29, 0.717) is 5.76 Å². The van der Waals surface area contributed by atoms with Crippen molar-refractivity contribution in [1.82, 2.24) is 0 Å². The van der Waals surface area contributed by atoms with Gasteiger partial charge in [0.05, 0.1) is 12.0 Å². The normalized spacial score (nSPS) is 12.2. The van der Waals surface area contributed by atoms with Gasteiger partial charge in [-0.2, -0.15) is 0 Å². The highest BCUT2D eigenvalue weighted by molar-refractivity contribution is 5.66. The Hall–Kier alpha value is -2.36. The summed E-state index contributed by atoms with van der Waals surface area (Å²) < 4.78 is 5.18. The van der Waals surface area contributed by atoms with Crippen LogP contribution in [0, 0.1) is 10.1 Å². The van der Waals surface area contributed by atoms with Gasteiger partial charge in [-0.05, 0) is 48.8 Å². The van der Waals surface area contributed by atoms with E-state index < -0.39 is 4.92 Å². The van der Waals surface area contributed by atoms with Crippen molar-refractivity contribution >= 4 is 11.3 Å². The first-order valence-corrected chi connectivity index (χ1v) is 5.79. The van der Waals surface area contributed by atoms with Gasteiger partial charge in [0.25, 0.3) is 5.69 Å². The Bertz CT molecular complexity index is 539. The molecule has 0 saturated carbocycles. The van der Waals surface area contributed by atoms with E-state index in [9.17, 15) is 10.1 Å². The Balaban J connectivity index is 2.96. The van der Waals surface area contributed by atoms with Crippen molar-refractivity contribution in [1.29, 1.82) is 0 Å². The molecule has 0 aliphatic carbocycles. The van der Waals surface area contributed by atoms with Crippen LogP contribution in [0.15, 0.2) is 54.3 Å². The SMILES string of the molecule is C=C(C)/C(=C\C=C(/C)c1ccc([N+](=O)[O-])cc1)OC. The minimum absolute atomic E-state index is 0.0895. The molecule has 0 aliphatic rings. The van der Waals surface area contributed by atoms with Crippen molar-refractivity contribution in [2.24, 2.45) is 0 Å². The molecule has 0 unspecified atom stereocenters. The molecule has 0 saturated heterocycles. The molecule has 0 radical (unpaired) electrons. The zero-order valence-corrected chi connectivity index (χ0v) is 11.3. The smallest absolute Gasteiger partial charge is 0.269 e. The summed E-state index contributed by atoms with van der Waals surface area (Å²) in [5, 5.41) is 10.6. The molecule has 0 aliphatic heterocycles. The fourth-order valence-electron chi connectivity index (χ4n) is 1.53. The van der Waals surface area contributed by atoms with Gasteiger partial charge in [0.1, 0.15) is 5.76 Å². The molecule has 1 aromatic carbocycles. The zero-order valence-electron chi connectivity index (χ0n) is 11.3. The van der Waals surface area contributed by atoms with Crippen LogP contribution in [-0.4, -0.2) is 12.0 Å². The van der Waals surface area contributed by atoms with Gasteiger partial charge < -0.3 is 4.74 Å². The zero-order chi connectivity index (χ0) is 14.4. The summed E-state index contributed by atoms with van der Waals surface area (Å²) in [5.41, 5.74) is 2.85. The van der Waals surface area contributed by atoms with Crippen LogP contribution in [0.1, 0.15) is 19.4 Å². The second-order valence-electron chi connectivity index (χ2n) is 4.17. The first-order valence-electron chi connectivity index (χ1n) is 5.79. The van der Waals surface area contributed by atoms with E-state index in [2.05, 4.69) is 6.58 Å². The highest BCUT2D eigenvalue weighted by Crippen LogP contribution is 2.19. The Labute approximate surface area is 112 Å². The third kappa shape index (κ3) is 4.10. The van der Waals surface area contributed by atoms with Crippen LogP contribution in [0.5, 0.6) is 0 Å². The average molecular weight is 259 g/mol. The lowest BCUT2D eigenvalue weighted by molar-refractivity contribution is -0.384. The van der Waals surface area contributed by atoms with E-state index in [4.69, 9.17) is 4.74 Å². The van der Waals surface area contributed by atoms with Crippen molar-refractivity contribution in [2.75, 3.05) is 7.11 Å². The van der Waals surface area contributed by atoms with Crippen LogP contribution in [0.3, 0.4) is 0 Å². The maximum Gasteiger partial charge on any atom is 0.269 e. The number of rotatable bonds is 5. The van der Waals surface area contributed by atoms with Crippen molar-refractivity contribution in [2.45, 2.75) is 13.8 Å². The largest absolute Gasteiger partial charge is 0.497 e. The molecule has 1 aromatic rings. The van der Waals surface area contributed by atoms with Gasteiger partial charge in [0.15, 0.2) is 0 Å². The average Bonchev–Trinajstić information content (AvgIpc) is 2.38. The summed E-state index contributed by atoms with van der Waals surface area (Å²) in [6.45, 7) is 7.61. The molecule has 4 nitrogen and oxygen atoms in total. The predicted molar refractivity (Wildman–Crippen MR) is 76.7 cm³/mol. The molecule has 0 N–H and O–H groups in total. The topological polar surface area (TPSA) is 52.4 Å². The molecule has 4 heteroatoms. The predicted octanol–water partition coefficient (Wildman–Crippen LogP) is 4.10. The third-order valence-electron chi connectivity index (χ3n) is 2.66. The molecular formula is C15H17NO3. The molecule has 0 bridgehead atoms. The van der Waals surface area contributed by atoms with Gasteiger partial charge in [0, 0.05) is 12.1 Å². The highest BCUT2D eigenvalue weighted by Gasteiger charge is 2.04. The molecule has 1 rings (SSSR count). The second kappa shape index (κ2) is 6.54. The van der Waals surface area contributed by atoms with E-state index in [-0.39, 0.29) is 5.69 Å². The number of non-ortho nitro benzene ring substituents is 1. The quantitative estimate of drug-likeness (QED) is 0.346. The minimum Gasteiger partial charge on any atom is -0.497 e. The number of benzene rings is 1. The van der Waals surface area contributed by atoms with Crippen molar-refractivity contribution in [3.63, 3.8) is 0 Å². The number of hydrogen-bond donors (Lipinski definition) is 0.